The zero-order valence-corrected chi connectivity index (χ0v) is 12.7. The van der Waals surface area contributed by atoms with E-state index in [2.05, 4.69) is 5.32 Å². The summed E-state index contributed by atoms with van der Waals surface area (Å²) in [6, 6.07) is 5.54. The molecule has 0 aliphatic carbocycles. The van der Waals surface area contributed by atoms with Crippen molar-refractivity contribution in [2.24, 2.45) is 0 Å². The standard InChI is InChI=1S/C15H24N2O3/c1-5-17(6-2)15(18)9-10-16-13-11-12(19-3)7-8-14(13)20-4/h7-8,11,16H,5-6,9-10H2,1-4H3. The summed E-state index contributed by atoms with van der Waals surface area (Å²) in [6.07, 6.45) is 0.460. The van der Waals surface area contributed by atoms with E-state index in [4.69, 9.17) is 9.47 Å². The maximum absolute atomic E-state index is 11.9. The van der Waals surface area contributed by atoms with Gasteiger partial charge in [-0.25, -0.2) is 0 Å². The summed E-state index contributed by atoms with van der Waals surface area (Å²) in [5.74, 6) is 1.65. The Bertz CT molecular complexity index is 431. The number of amides is 1. The summed E-state index contributed by atoms with van der Waals surface area (Å²) in [5.41, 5.74) is 0.833. The molecule has 0 radical (unpaired) electrons. The number of benzene rings is 1. The molecule has 5 nitrogen and oxygen atoms in total. The molecular formula is C15H24N2O3. The van der Waals surface area contributed by atoms with Gasteiger partial charge >= 0.3 is 0 Å². The minimum absolute atomic E-state index is 0.157. The molecule has 0 aliphatic rings. The van der Waals surface area contributed by atoms with Crippen LogP contribution >= 0.6 is 0 Å². The van der Waals surface area contributed by atoms with E-state index in [9.17, 15) is 4.79 Å². The molecule has 20 heavy (non-hydrogen) atoms. The molecule has 0 aromatic heterocycles. The summed E-state index contributed by atoms with van der Waals surface area (Å²) in [5, 5.41) is 3.22. The Morgan fingerprint density at radius 2 is 1.90 bits per heavy atom. The van der Waals surface area contributed by atoms with Crippen LogP contribution in [0.15, 0.2) is 18.2 Å². The quantitative estimate of drug-likeness (QED) is 0.794. The van der Waals surface area contributed by atoms with Crippen LogP contribution in [0.2, 0.25) is 0 Å². The van der Waals surface area contributed by atoms with Gasteiger partial charge < -0.3 is 19.7 Å². The molecule has 1 amide bonds. The number of ether oxygens (including phenoxy) is 2. The second kappa shape index (κ2) is 8.30. The van der Waals surface area contributed by atoms with Crippen LogP contribution in [0.4, 0.5) is 5.69 Å². The summed E-state index contributed by atoms with van der Waals surface area (Å²) >= 11 is 0. The van der Waals surface area contributed by atoms with Gasteiger partial charge in [-0.2, -0.15) is 0 Å². The van der Waals surface area contributed by atoms with Crippen LogP contribution in [0.5, 0.6) is 11.5 Å². The summed E-state index contributed by atoms with van der Waals surface area (Å²) in [7, 11) is 3.24. The number of nitrogens with one attached hydrogen (secondary N) is 1. The second-order valence-electron chi connectivity index (χ2n) is 4.31. The molecule has 0 saturated carbocycles. The normalized spacial score (nSPS) is 10.0. The lowest BCUT2D eigenvalue weighted by Crippen LogP contribution is -2.31. The van der Waals surface area contributed by atoms with Gasteiger partial charge in [-0.15, -0.1) is 0 Å². The molecule has 0 aliphatic heterocycles. The van der Waals surface area contributed by atoms with Crippen molar-refractivity contribution in [1.29, 1.82) is 0 Å². The molecule has 1 N–H and O–H groups in total. The van der Waals surface area contributed by atoms with Crippen molar-refractivity contribution in [1.82, 2.24) is 4.90 Å². The van der Waals surface area contributed by atoms with Crippen LogP contribution in [0, 0.1) is 0 Å². The van der Waals surface area contributed by atoms with E-state index < -0.39 is 0 Å². The van der Waals surface area contributed by atoms with Gasteiger partial charge in [0.25, 0.3) is 0 Å². The Balaban J connectivity index is 2.58. The molecular weight excluding hydrogens is 256 g/mol. The Morgan fingerprint density at radius 3 is 2.45 bits per heavy atom. The van der Waals surface area contributed by atoms with Gasteiger partial charge in [0.15, 0.2) is 0 Å². The number of rotatable bonds is 8. The smallest absolute Gasteiger partial charge is 0.224 e. The molecule has 0 atom stereocenters. The van der Waals surface area contributed by atoms with Crippen LogP contribution in [0.1, 0.15) is 20.3 Å². The number of carbonyl (C=O) groups excluding carboxylic acids is 1. The minimum Gasteiger partial charge on any atom is -0.497 e. The van der Waals surface area contributed by atoms with Crippen molar-refractivity contribution in [3.63, 3.8) is 0 Å². The number of anilines is 1. The first-order chi connectivity index (χ1) is 9.65. The highest BCUT2D eigenvalue weighted by atomic mass is 16.5. The van der Waals surface area contributed by atoms with E-state index in [1.54, 1.807) is 14.2 Å². The number of carbonyl (C=O) groups is 1. The summed E-state index contributed by atoms with van der Waals surface area (Å²) < 4.78 is 10.5. The van der Waals surface area contributed by atoms with Gasteiger partial charge in [0.05, 0.1) is 19.9 Å². The maximum atomic E-state index is 11.9. The average Bonchev–Trinajstić information content (AvgIpc) is 2.48. The molecule has 0 bridgehead atoms. The molecule has 0 saturated heterocycles. The van der Waals surface area contributed by atoms with E-state index in [-0.39, 0.29) is 5.91 Å². The average molecular weight is 280 g/mol. The summed E-state index contributed by atoms with van der Waals surface area (Å²) in [6.45, 7) is 6.04. The predicted octanol–water partition coefficient (Wildman–Crippen LogP) is 2.37. The first kappa shape index (κ1) is 16.1. The topological polar surface area (TPSA) is 50.8 Å². The zero-order chi connectivity index (χ0) is 15.0. The fourth-order valence-corrected chi connectivity index (χ4v) is 1.99. The maximum Gasteiger partial charge on any atom is 0.224 e. The van der Waals surface area contributed by atoms with Gasteiger partial charge in [-0.3, -0.25) is 4.79 Å². The zero-order valence-electron chi connectivity index (χ0n) is 12.7. The lowest BCUT2D eigenvalue weighted by atomic mass is 10.2. The van der Waals surface area contributed by atoms with E-state index in [1.165, 1.54) is 0 Å². The fourth-order valence-electron chi connectivity index (χ4n) is 1.99. The van der Waals surface area contributed by atoms with Gasteiger partial charge in [0, 0.05) is 32.1 Å². The van der Waals surface area contributed by atoms with Crippen molar-refractivity contribution in [2.75, 3.05) is 39.2 Å². The monoisotopic (exact) mass is 280 g/mol. The van der Waals surface area contributed by atoms with Crippen LogP contribution in [-0.4, -0.2) is 44.7 Å². The molecule has 1 aromatic rings. The van der Waals surface area contributed by atoms with Gasteiger partial charge in [-0.1, -0.05) is 0 Å². The van der Waals surface area contributed by atoms with Gasteiger partial charge in [0.1, 0.15) is 11.5 Å². The highest BCUT2D eigenvalue weighted by Gasteiger charge is 2.10. The van der Waals surface area contributed by atoms with E-state index in [1.807, 2.05) is 36.9 Å². The summed E-state index contributed by atoms with van der Waals surface area (Å²) in [4.78, 5) is 13.7. The minimum atomic E-state index is 0.157. The van der Waals surface area contributed by atoms with Crippen LogP contribution in [-0.2, 0) is 4.79 Å². The Labute approximate surface area is 120 Å². The number of hydrogen-bond donors (Lipinski definition) is 1. The third-order valence-electron chi connectivity index (χ3n) is 3.18. The van der Waals surface area contributed by atoms with Crippen LogP contribution < -0.4 is 14.8 Å². The van der Waals surface area contributed by atoms with Crippen molar-refractivity contribution >= 4 is 11.6 Å². The van der Waals surface area contributed by atoms with Gasteiger partial charge in [-0.05, 0) is 26.0 Å². The molecule has 5 heteroatoms. The molecule has 0 fully saturated rings. The second-order valence-corrected chi connectivity index (χ2v) is 4.31. The molecule has 112 valence electrons. The molecule has 0 spiro atoms. The number of hydrogen-bond acceptors (Lipinski definition) is 4. The lowest BCUT2D eigenvalue weighted by molar-refractivity contribution is -0.130. The Morgan fingerprint density at radius 1 is 1.20 bits per heavy atom. The van der Waals surface area contributed by atoms with Crippen molar-refractivity contribution < 1.29 is 14.3 Å². The van der Waals surface area contributed by atoms with Gasteiger partial charge in [0.2, 0.25) is 5.91 Å². The van der Waals surface area contributed by atoms with E-state index in [0.29, 0.717) is 13.0 Å². The molecule has 0 unspecified atom stereocenters. The predicted molar refractivity (Wildman–Crippen MR) is 80.6 cm³/mol. The lowest BCUT2D eigenvalue weighted by Gasteiger charge is -2.19. The fraction of sp³-hybridized carbons (Fsp3) is 0.533. The Kier molecular flexibility index (Phi) is 6.70. The highest BCUT2D eigenvalue weighted by molar-refractivity contribution is 5.76. The van der Waals surface area contributed by atoms with E-state index in [0.717, 1.165) is 30.3 Å². The highest BCUT2D eigenvalue weighted by Crippen LogP contribution is 2.28. The largest absolute Gasteiger partial charge is 0.497 e. The molecule has 1 rings (SSSR count). The van der Waals surface area contributed by atoms with Crippen molar-refractivity contribution in [3.8, 4) is 11.5 Å². The van der Waals surface area contributed by atoms with E-state index >= 15 is 0 Å². The number of methoxy groups -OCH3 is 2. The third kappa shape index (κ3) is 4.33. The SMILES string of the molecule is CCN(CC)C(=O)CCNc1cc(OC)ccc1OC. The third-order valence-corrected chi connectivity index (χ3v) is 3.18. The Hall–Kier alpha value is -1.91. The van der Waals surface area contributed by atoms with Crippen LogP contribution in [0.3, 0.4) is 0 Å². The molecule has 0 heterocycles. The van der Waals surface area contributed by atoms with Crippen molar-refractivity contribution in [2.45, 2.75) is 20.3 Å². The first-order valence-corrected chi connectivity index (χ1v) is 6.89. The van der Waals surface area contributed by atoms with Crippen LogP contribution in [0.25, 0.3) is 0 Å². The molecule has 1 aromatic carbocycles. The first-order valence-electron chi connectivity index (χ1n) is 6.89. The van der Waals surface area contributed by atoms with Crippen molar-refractivity contribution in [3.05, 3.63) is 18.2 Å². The number of nitrogens with zero attached hydrogens (tertiary/aromatic N) is 1.